The number of nitrogen functional groups attached to an aromatic ring is 1. The molecule has 0 radical (unpaired) electrons. The molecule has 0 aliphatic carbocycles. The van der Waals surface area contributed by atoms with Gasteiger partial charge in [0.15, 0.2) is 0 Å². The Hall–Kier alpha value is -0.940. The number of hydrogen-bond acceptors (Lipinski definition) is 5. The second-order valence-electron chi connectivity index (χ2n) is 4.31. The fourth-order valence-corrected chi connectivity index (χ4v) is 3.11. The molecular formula is C11H18N4S. The highest BCUT2D eigenvalue weighted by molar-refractivity contribution is 8.00. The van der Waals surface area contributed by atoms with Gasteiger partial charge in [0.05, 0.1) is 0 Å². The Bertz CT molecular complexity index is 350. The molecule has 2 rings (SSSR count). The molecule has 4 nitrogen and oxygen atoms in total. The van der Waals surface area contributed by atoms with Crippen LogP contribution in [0.1, 0.15) is 19.8 Å². The van der Waals surface area contributed by atoms with Crippen LogP contribution in [0.3, 0.4) is 0 Å². The minimum absolute atomic E-state index is 0.355. The highest BCUT2D eigenvalue weighted by Gasteiger charge is 2.29. The molecule has 5 heteroatoms. The number of nitrogens with two attached hydrogens (primary N) is 1. The third kappa shape index (κ3) is 2.80. The molecule has 0 amide bonds. The molecule has 16 heavy (non-hydrogen) atoms. The van der Waals surface area contributed by atoms with Crippen molar-refractivity contribution in [2.24, 2.45) is 5.84 Å². The van der Waals surface area contributed by atoms with Gasteiger partial charge < -0.3 is 10.7 Å². The Morgan fingerprint density at radius 3 is 3.00 bits per heavy atom. The Morgan fingerprint density at radius 2 is 2.31 bits per heavy atom. The second-order valence-corrected chi connectivity index (χ2v) is 5.99. The third-order valence-corrected chi connectivity index (χ3v) is 4.38. The largest absolute Gasteiger partial charge is 0.369 e. The molecule has 4 N–H and O–H groups in total. The van der Waals surface area contributed by atoms with E-state index >= 15 is 0 Å². The molecule has 2 heterocycles. The molecule has 1 aliphatic rings. The van der Waals surface area contributed by atoms with Crippen LogP contribution in [0.4, 0.5) is 11.6 Å². The van der Waals surface area contributed by atoms with Crippen LogP contribution in [-0.4, -0.2) is 22.0 Å². The van der Waals surface area contributed by atoms with E-state index in [0.717, 1.165) is 12.4 Å². The molecule has 1 aromatic heterocycles. The first-order valence-electron chi connectivity index (χ1n) is 5.53. The van der Waals surface area contributed by atoms with Gasteiger partial charge in [0.2, 0.25) is 0 Å². The van der Waals surface area contributed by atoms with Crippen LogP contribution < -0.4 is 16.6 Å². The van der Waals surface area contributed by atoms with E-state index in [4.69, 9.17) is 5.84 Å². The summed E-state index contributed by atoms with van der Waals surface area (Å²) >= 11 is 2.04. The van der Waals surface area contributed by atoms with Crippen molar-refractivity contribution in [1.82, 2.24) is 4.98 Å². The van der Waals surface area contributed by atoms with E-state index in [-0.39, 0.29) is 0 Å². The van der Waals surface area contributed by atoms with Crippen molar-refractivity contribution in [1.29, 1.82) is 0 Å². The zero-order chi connectivity index (χ0) is 11.4. The molecule has 1 saturated heterocycles. The number of aromatic nitrogens is 1. The molecule has 1 unspecified atom stereocenters. The fraction of sp³-hybridized carbons (Fsp3) is 0.545. The van der Waals surface area contributed by atoms with E-state index < -0.39 is 0 Å². The number of nitrogens with one attached hydrogen (secondary N) is 2. The predicted octanol–water partition coefficient (Wildman–Crippen LogP) is 2.06. The molecule has 1 aliphatic heterocycles. The molecule has 0 saturated carbocycles. The standard InChI is InChI=1S/C11H18N4S/c1-11(6-3-7-16-11)8-13-9-4-2-5-10(14-9)15-12/h2,4-5H,3,6-8,12H2,1H3,(H2,13,14,15). The van der Waals surface area contributed by atoms with Gasteiger partial charge in [-0.25, -0.2) is 10.8 Å². The fourth-order valence-electron chi connectivity index (χ4n) is 1.87. The van der Waals surface area contributed by atoms with Crippen molar-refractivity contribution < 1.29 is 0 Å². The quantitative estimate of drug-likeness (QED) is 0.553. The second kappa shape index (κ2) is 4.93. The van der Waals surface area contributed by atoms with E-state index in [2.05, 4.69) is 22.7 Å². The maximum atomic E-state index is 5.32. The van der Waals surface area contributed by atoms with Gasteiger partial charge in [-0.2, -0.15) is 11.8 Å². The lowest BCUT2D eigenvalue weighted by atomic mass is 10.1. The molecule has 88 valence electrons. The molecular weight excluding hydrogens is 220 g/mol. The highest BCUT2D eigenvalue weighted by atomic mass is 32.2. The van der Waals surface area contributed by atoms with Crippen molar-refractivity contribution in [2.45, 2.75) is 24.5 Å². The van der Waals surface area contributed by atoms with Crippen molar-refractivity contribution >= 4 is 23.4 Å². The smallest absolute Gasteiger partial charge is 0.142 e. The highest BCUT2D eigenvalue weighted by Crippen LogP contribution is 2.37. The van der Waals surface area contributed by atoms with Gasteiger partial charge in [-0.05, 0) is 37.7 Å². The van der Waals surface area contributed by atoms with Crippen molar-refractivity contribution in [3.63, 3.8) is 0 Å². The summed E-state index contributed by atoms with van der Waals surface area (Å²) in [6.07, 6.45) is 2.60. The monoisotopic (exact) mass is 238 g/mol. The first kappa shape index (κ1) is 11.5. The Balaban J connectivity index is 1.93. The number of rotatable bonds is 4. The Kier molecular flexibility index (Phi) is 3.56. The van der Waals surface area contributed by atoms with E-state index in [1.807, 2.05) is 30.0 Å². The summed E-state index contributed by atoms with van der Waals surface area (Å²) in [7, 11) is 0. The summed E-state index contributed by atoms with van der Waals surface area (Å²) < 4.78 is 0.355. The minimum atomic E-state index is 0.355. The van der Waals surface area contributed by atoms with Gasteiger partial charge in [-0.3, -0.25) is 0 Å². The predicted molar refractivity (Wildman–Crippen MR) is 70.6 cm³/mol. The average Bonchev–Trinajstić information content (AvgIpc) is 2.75. The Morgan fingerprint density at radius 1 is 1.50 bits per heavy atom. The Labute approximate surface area is 100 Å². The molecule has 0 bridgehead atoms. The van der Waals surface area contributed by atoms with E-state index in [1.54, 1.807) is 0 Å². The van der Waals surface area contributed by atoms with Crippen molar-refractivity contribution in [3.05, 3.63) is 18.2 Å². The lowest BCUT2D eigenvalue weighted by Crippen LogP contribution is -2.27. The average molecular weight is 238 g/mol. The topological polar surface area (TPSA) is 63.0 Å². The van der Waals surface area contributed by atoms with Gasteiger partial charge in [0.25, 0.3) is 0 Å². The van der Waals surface area contributed by atoms with Crippen molar-refractivity contribution in [3.8, 4) is 0 Å². The zero-order valence-corrected chi connectivity index (χ0v) is 10.3. The molecule has 1 fully saturated rings. The number of thioether (sulfide) groups is 1. The lowest BCUT2D eigenvalue weighted by Gasteiger charge is -2.23. The molecule has 1 atom stereocenters. The molecule has 0 spiro atoms. The third-order valence-electron chi connectivity index (χ3n) is 2.84. The maximum Gasteiger partial charge on any atom is 0.142 e. The van der Waals surface area contributed by atoms with Crippen LogP contribution in [0.25, 0.3) is 0 Å². The summed E-state index contributed by atoms with van der Waals surface area (Å²) in [6, 6.07) is 5.75. The zero-order valence-electron chi connectivity index (χ0n) is 9.49. The summed E-state index contributed by atoms with van der Waals surface area (Å²) in [5.74, 6) is 8.16. The SMILES string of the molecule is CC1(CNc2cccc(NN)n2)CCCS1. The summed E-state index contributed by atoms with van der Waals surface area (Å²) in [5, 5.41) is 3.37. The molecule has 0 aromatic carbocycles. The molecule has 1 aromatic rings. The first-order chi connectivity index (χ1) is 7.72. The summed E-state index contributed by atoms with van der Waals surface area (Å²) in [4.78, 5) is 4.33. The van der Waals surface area contributed by atoms with Gasteiger partial charge in [-0.1, -0.05) is 6.07 Å². The summed E-state index contributed by atoms with van der Waals surface area (Å²) in [5.41, 5.74) is 2.55. The number of hydrazine groups is 1. The van der Waals surface area contributed by atoms with Gasteiger partial charge in [0.1, 0.15) is 11.6 Å². The van der Waals surface area contributed by atoms with Crippen molar-refractivity contribution in [2.75, 3.05) is 23.0 Å². The van der Waals surface area contributed by atoms with Crippen LogP contribution in [-0.2, 0) is 0 Å². The van der Waals surface area contributed by atoms with Gasteiger partial charge in [-0.15, -0.1) is 0 Å². The lowest BCUT2D eigenvalue weighted by molar-refractivity contribution is 0.634. The summed E-state index contributed by atoms with van der Waals surface area (Å²) in [6.45, 7) is 3.27. The van der Waals surface area contributed by atoms with Crippen LogP contribution in [0, 0.1) is 0 Å². The first-order valence-corrected chi connectivity index (χ1v) is 6.52. The normalized spacial score (nSPS) is 24.4. The van der Waals surface area contributed by atoms with Gasteiger partial charge >= 0.3 is 0 Å². The number of hydrogen-bond donors (Lipinski definition) is 3. The van der Waals surface area contributed by atoms with E-state index in [1.165, 1.54) is 18.6 Å². The number of pyridine rings is 1. The maximum absolute atomic E-state index is 5.32. The van der Waals surface area contributed by atoms with Crippen LogP contribution in [0.15, 0.2) is 18.2 Å². The van der Waals surface area contributed by atoms with E-state index in [9.17, 15) is 0 Å². The van der Waals surface area contributed by atoms with Gasteiger partial charge in [0, 0.05) is 11.3 Å². The number of nitrogens with zero attached hydrogens (tertiary/aromatic N) is 1. The number of anilines is 2. The van der Waals surface area contributed by atoms with Crippen LogP contribution in [0.2, 0.25) is 0 Å². The van der Waals surface area contributed by atoms with Crippen LogP contribution in [0.5, 0.6) is 0 Å². The minimum Gasteiger partial charge on any atom is -0.369 e. The van der Waals surface area contributed by atoms with E-state index in [0.29, 0.717) is 10.6 Å². The van der Waals surface area contributed by atoms with Crippen LogP contribution >= 0.6 is 11.8 Å².